The van der Waals surface area contributed by atoms with Crippen LogP contribution in [0, 0.1) is 11.8 Å². The Morgan fingerprint density at radius 1 is 1.12 bits per heavy atom. The van der Waals surface area contributed by atoms with Gasteiger partial charge in [-0.15, -0.1) is 0 Å². The van der Waals surface area contributed by atoms with E-state index in [0.717, 1.165) is 36.1 Å². The zero-order valence-corrected chi connectivity index (χ0v) is 18.5. The summed E-state index contributed by atoms with van der Waals surface area (Å²) in [7, 11) is 0. The molecule has 2 aliphatic heterocycles. The first kappa shape index (κ1) is 21.4. The maximum absolute atomic E-state index is 12.6. The Labute approximate surface area is 193 Å². The van der Waals surface area contributed by atoms with Crippen molar-refractivity contribution in [1.82, 2.24) is 9.55 Å². The molecule has 0 bridgehead atoms. The summed E-state index contributed by atoms with van der Waals surface area (Å²) < 4.78 is 18.5. The van der Waals surface area contributed by atoms with Gasteiger partial charge in [0.05, 0.1) is 25.5 Å². The van der Waals surface area contributed by atoms with Crippen LogP contribution in [-0.4, -0.2) is 42.1 Å². The SMILES string of the molecule is O=c1nc(OCC2COCCO2)cc2n1CCc1cc(C#CCCc3ccccc3)ccc1-2. The normalized spacial score (nSPS) is 16.8. The average Bonchev–Trinajstić information content (AvgIpc) is 2.86. The molecule has 0 N–H and O–H groups in total. The summed E-state index contributed by atoms with van der Waals surface area (Å²) in [6.45, 7) is 2.55. The van der Waals surface area contributed by atoms with Gasteiger partial charge in [-0.2, -0.15) is 4.98 Å². The van der Waals surface area contributed by atoms with Crippen molar-refractivity contribution in [3.63, 3.8) is 0 Å². The van der Waals surface area contributed by atoms with Crippen LogP contribution in [0.4, 0.5) is 0 Å². The van der Waals surface area contributed by atoms with E-state index < -0.39 is 0 Å². The Bertz CT molecular complexity index is 1230. The lowest BCUT2D eigenvalue weighted by atomic mass is 9.95. The Morgan fingerprint density at radius 3 is 2.88 bits per heavy atom. The van der Waals surface area contributed by atoms with Crippen molar-refractivity contribution in [2.45, 2.75) is 31.9 Å². The van der Waals surface area contributed by atoms with E-state index >= 15 is 0 Å². The lowest BCUT2D eigenvalue weighted by molar-refractivity contribution is -0.102. The van der Waals surface area contributed by atoms with E-state index in [9.17, 15) is 4.79 Å². The van der Waals surface area contributed by atoms with Gasteiger partial charge in [0.15, 0.2) is 0 Å². The zero-order valence-electron chi connectivity index (χ0n) is 18.5. The molecular formula is C27H26N2O4. The summed E-state index contributed by atoms with van der Waals surface area (Å²) in [5.74, 6) is 6.89. The molecule has 0 aliphatic carbocycles. The molecule has 1 saturated heterocycles. The predicted octanol–water partition coefficient (Wildman–Crippen LogP) is 3.24. The Balaban J connectivity index is 1.31. The highest BCUT2D eigenvalue weighted by Crippen LogP contribution is 2.30. The summed E-state index contributed by atoms with van der Waals surface area (Å²) in [6, 6.07) is 18.4. The van der Waals surface area contributed by atoms with E-state index in [1.807, 2.05) is 24.3 Å². The highest BCUT2D eigenvalue weighted by Gasteiger charge is 2.20. The Kier molecular flexibility index (Phi) is 6.52. The van der Waals surface area contributed by atoms with E-state index in [1.165, 1.54) is 11.1 Å². The number of benzene rings is 2. The lowest BCUT2D eigenvalue weighted by Gasteiger charge is -2.24. The standard InChI is InChI=1S/C27H26N2O4/c30-27-28-26(33-19-23-18-31-14-15-32-23)17-25-24-11-10-21(16-22(24)12-13-29(25)27)9-5-4-8-20-6-2-1-3-7-20/h1-3,6-7,10-11,16-17,23H,4,8,12-15,18-19H2. The molecule has 1 aromatic heterocycles. The molecule has 3 heterocycles. The molecular weight excluding hydrogens is 416 g/mol. The van der Waals surface area contributed by atoms with Crippen LogP contribution in [0.25, 0.3) is 11.3 Å². The maximum Gasteiger partial charge on any atom is 0.351 e. The van der Waals surface area contributed by atoms with Gasteiger partial charge in [0.1, 0.15) is 12.7 Å². The number of hydrogen-bond acceptors (Lipinski definition) is 5. The van der Waals surface area contributed by atoms with Crippen LogP contribution in [-0.2, 0) is 28.9 Å². The van der Waals surface area contributed by atoms with Crippen LogP contribution < -0.4 is 10.4 Å². The minimum Gasteiger partial charge on any atom is -0.475 e. The number of aromatic nitrogens is 2. The zero-order chi connectivity index (χ0) is 22.5. The van der Waals surface area contributed by atoms with Gasteiger partial charge in [-0.3, -0.25) is 4.57 Å². The summed E-state index contributed by atoms with van der Waals surface area (Å²) in [6.07, 6.45) is 2.40. The highest BCUT2D eigenvalue weighted by molar-refractivity contribution is 5.67. The predicted molar refractivity (Wildman–Crippen MR) is 125 cm³/mol. The van der Waals surface area contributed by atoms with Crippen LogP contribution in [0.2, 0.25) is 0 Å². The molecule has 1 unspecified atom stereocenters. The van der Waals surface area contributed by atoms with Crippen molar-refractivity contribution in [3.8, 4) is 29.0 Å². The van der Waals surface area contributed by atoms with Gasteiger partial charge < -0.3 is 14.2 Å². The maximum atomic E-state index is 12.6. The third-order valence-electron chi connectivity index (χ3n) is 5.89. The third kappa shape index (κ3) is 5.16. The van der Waals surface area contributed by atoms with Crippen LogP contribution in [0.15, 0.2) is 59.4 Å². The summed E-state index contributed by atoms with van der Waals surface area (Å²) in [5, 5.41) is 0. The van der Waals surface area contributed by atoms with E-state index in [0.29, 0.717) is 38.9 Å². The molecule has 33 heavy (non-hydrogen) atoms. The van der Waals surface area contributed by atoms with Crippen molar-refractivity contribution in [3.05, 3.63) is 81.8 Å². The van der Waals surface area contributed by atoms with Crippen LogP contribution in [0.1, 0.15) is 23.1 Å². The monoisotopic (exact) mass is 442 g/mol. The largest absolute Gasteiger partial charge is 0.475 e. The van der Waals surface area contributed by atoms with Crippen LogP contribution >= 0.6 is 0 Å². The molecule has 3 aromatic rings. The van der Waals surface area contributed by atoms with E-state index in [1.54, 1.807) is 4.57 Å². The summed E-state index contributed by atoms with van der Waals surface area (Å²) in [4.78, 5) is 16.7. The topological polar surface area (TPSA) is 62.6 Å². The summed E-state index contributed by atoms with van der Waals surface area (Å²) >= 11 is 0. The number of fused-ring (bicyclic) bond motifs is 3. The molecule has 2 aromatic carbocycles. The van der Waals surface area contributed by atoms with Crippen molar-refractivity contribution in [2.24, 2.45) is 0 Å². The molecule has 0 saturated carbocycles. The van der Waals surface area contributed by atoms with Crippen molar-refractivity contribution < 1.29 is 14.2 Å². The molecule has 6 nitrogen and oxygen atoms in total. The first-order valence-corrected chi connectivity index (χ1v) is 11.4. The minimum atomic E-state index is -0.293. The first-order valence-electron chi connectivity index (χ1n) is 11.4. The third-order valence-corrected chi connectivity index (χ3v) is 5.89. The van der Waals surface area contributed by atoms with Gasteiger partial charge in [-0.1, -0.05) is 48.2 Å². The van der Waals surface area contributed by atoms with Gasteiger partial charge in [-0.05, 0) is 36.1 Å². The molecule has 1 fully saturated rings. The summed E-state index contributed by atoms with van der Waals surface area (Å²) in [5.41, 5.74) is 5.04. The number of rotatable bonds is 5. The Morgan fingerprint density at radius 2 is 2.03 bits per heavy atom. The van der Waals surface area contributed by atoms with Crippen molar-refractivity contribution >= 4 is 0 Å². The molecule has 168 valence electrons. The van der Waals surface area contributed by atoms with Gasteiger partial charge in [0.2, 0.25) is 5.88 Å². The van der Waals surface area contributed by atoms with Crippen LogP contribution in [0.5, 0.6) is 5.88 Å². The smallest absolute Gasteiger partial charge is 0.351 e. The van der Waals surface area contributed by atoms with Gasteiger partial charge >= 0.3 is 5.69 Å². The quantitative estimate of drug-likeness (QED) is 0.568. The molecule has 6 heteroatoms. The second kappa shape index (κ2) is 10.0. The number of ether oxygens (including phenoxy) is 3. The fourth-order valence-corrected chi connectivity index (χ4v) is 4.19. The van der Waals surface area contributed by atoms with E-state index in [-0.39, 0.29) is 11.8 Å². The van der Waals surface area contributed by atoms with Crippen LogP contribution in [0.3, 0.4) is 0 Å². The fraction of sp³-hybridized carbons (Fsp3) is 0.333. The first-order chi connectivity index (χ1) is 16.3. The molecule has 0 amide bonds. The average molecular weight is 443 g/mol. The van der Waals surface area contributed by atoms with Gasteiger partial charge in [0.25, 0.3) is 0 Å². The van der Waals surface area contributed by atoms with Gasteiger partial charge in [0, 0.05) is 30.2 Å². The molecule has 5 rings (SSSR count). The number of aryl methyl sites for hydroxylation is 2. The van der Waals surface area contributed by atoms with E-state index in [2.05, 4.69) is 47.2 Å². The highest BCUT2D eigenvalue weighted by atomic mass is 16.6. The second-order valence-corrected chi connectivity index (χ2v) is 8.20. The van der Waals surface area contributed by atoms with Crippen molar-refractivity contribution in [1.29, 1.82) is 0 Å². The number of hydrogen-bond donors (Lipinski definition) is 0. The molecule has 0 spiro atoms. The Hall–Kier alpha value is -3.40. The number of nitrogens with zero attached hydrogens (tertiary/aromatic N) is 2. The van der Waals surface area contributed by atoms with Gasteiger partial charge in [-0.25, -0.2) is 4.79 Å². The second-order valence-electron chi connectivity index (χ2n) is 8.20. The molecule has 1 atom stereocenters. The minimum absolute atomic E-state index is 0.144. The molecule has 0 radical (unpaired) electrons. The molecule has 2 aliphatic rings. The van der Waals surface area contributed by atoms with Crippen molar-refractivity contribution in [2.75, 3.05) is 26.4 Å². The fourth-order valence-electron chi connectivity index (χ4n) is 4.19. The van der Waals surface area contributed by atoms with E-state index in [4.69, 9.17) is 14.2 Å². The lowest BCUT2D eigenvalue weighted by Crippen LogP contribution is -2.34.